The van der Waals surface area contributed by atoms with Crippen LogP contribution in [0.15, 0.2) is 24.3 Å². The minimum absolute atomic E-state index is 0.0344. The molecule has 0 fully saturated rings. The molecular weight excluding hydrogens is 238 g/mol. The van der Waals surface area contributed by atoms with Crippen LogP contribution in [-0.4, -0.2) is 28.7 Å². The molecule has 1 aromatic carbocycles. The average molecular weight is 257 g/mol. The number of hydrogen-bond acceptors (Lipinski definition) is 3. The van der Waals surface area contributed by atoms with Crippen molar-refractivity contribution in [1.29, 1.82) is 0 Å². The van der Waals surface area contributed by atoms with Crippen molar-refractivity contribution in [2.24, 2.45) is 0 Å². The zero-order chi connectivity index (χ0) is 12.7. The van der Waals surface area contributed by atoms with Crippen LogP contribution in [0.5, 0.6) is 0 Å². The Morgan fingerprint density at radius 3 is 2.65 bits per heavy atom. The lowest BCUT2D eigenvalue weighted by atomic mass is 10.1. The lowest BCUT2D eigenvalue weighted by molar-refractivity contribution is 0.196. The van der Waals surface area contributed by atoms with Gasteiger partial charge < -0.3 is 4.74 Å². The minimum Gasteiger partial charge on any atom is -0.385 e. The third-order valence-corrected chi connectivity index (χ3v) is 3.79. The van der Waals surface area contributed by atoms with Crippen molar-refractivity contribution < 1.29 is 13.2 Å². The van der Waals surface area contributed by atoms with E-state index >= 15 is 0 Å². The lowest BCUT2D eigenvalue weighted by Gasteiger charge is -2.08. The molecule has 0 saturated carbocycles. The molecule has 5 heteroatoms. The Balaban J connectivity index is 2.52. The van der Waals surface area contributed by atoms with Crippen molar-refractivity contribution in [2.75, 3.05) is 20.3 Å². The first-order valence-corrected chi connectivity index (χ1v) is 7.21. The summed E-state index contributed by atoms with van der Waals surface area (Å²) in [5.41, 5.74) is 1.83. The van der Waals surface area contributed by atoms with E-state index in [1.54, 1.807) is 7.11 Å². The second-order valence-corrected chi connectivity index (χ2v) is 5.73. The molecular formula is C12H19NO3S. The highest BCUT2D eigenvalue weighted by Gasteiger charge is 2.11. The van der Waals surface area contributed by atoms with Crippen LogP contribution in [-0.2, 0) is 20.5 Å². The third kappa shape index (κ3) is 5.30. The molecule has 1 aromatic rings. The summed E-state index contributed by atoms with van der Waals surface area (Å²) >= 11 is 0. The standard InChI is InChI=1S/C12H19NO3S/c1-11-6-3-4-7-12(11)10-17(14,15)13-8-5-9-16-2/h3-4,6-7,13H,5,8-10H2,1-2H3. The van der Waals surface area contributed by atoms with E-state index in [-0.39, 0.29) is 5.75 Å². The summed E-state index contributed by atoms with van der Waals surface area (Å²) in [5.74, 6) is 0.0344. The molecule has 0 atom stereocenters. The lowest BCUT2D eigenvalue weighted by Crippen LogP contribution is -2.27. The van der Waals surface area contributed by atoms with Crippen LogP contribution in [0.1, 0.15) is 17.5 Å². The first kappa shape index (κ1) is 14.2. The number of benzene rings is 1. The van der Waals surface area contributed by atoms with Crippen molar-refractivity contribution in [3.05, 3.63) is 35.4 Å². The van der Waals surface area contributed by atoms with Crippen molar-refractivity contribution in [2.45, 2.75) is 19.1 Å². The topological polar surface area (TPSA) is 55.4 Å². The average Bonchev–Trinajstić information content (AvgIpc) is 2.28. The summed E-state index contributed by atoms with van der Waals surface area (Å²) in [7, 11) is -1.64. The molecule has 0 heterocycles. The molecule has 96 valence electrons. The minimum atomic E-state index is -3.24. The number of aryl methyl sites for hydroxylation is 1. The molecule has 1 N–H and O–H groups in total. The normalized spacial score (nSPS) is 11.6. The van der Waals surface area contributed by atoms with E-state index < -0.39 is 10.0 Å². The highest BCUT2D eigenvalue weighted by molar-refractivity contribution is 7.88. The highest BCUT2D eigenvalue weighted by atomic mass is 32.2. The van der Waals surface area contributed by atoms with Gasteiger partial charge in [-0.25, -0.2) is 13.1 Å². The molecule has 0 unspecified atom stereocenters. The van der Waals surface area contributed by atoms with E-state index in [9.17, 15) is 8.42 Å². The molecule has 0 bridgehead atoms. The number of rotatable bonds is 7. The van der Waals surface area contributed by atoms with Gasteiger partial charge in [-0.05, 0) is 24.5 Å². The molecule has 4 nitrogen and oxygen atoms in total. The third-order valence-electron chi connectivity index (χ3n) is 2.45. The SMILES string of the molecule is COCCCNS(=O)(=O)Cc1ccccc1C. The summed E-state index contributed by atoms with van der Waals surface area (Å²) in [6.45, 7) is 2.89. The maximum Gasteiger partial charge on any atom is 0.215 e. The Labute approximate surface area is 103 Å². The van der Waals surface area contributed by atoms with E-state index in [0.29, 0.717) is 19.6 Å². The zero-order valence-electron chi connectivity index (χ0n) is 10.3. The van der Waals surface area contributed by atoms with Crippen molar-refractivity contribution >= 4 is 10.0 Å². The first-order valence-electron chi connectivity index (χ1n) is 5.56. The molecule has 17 heavy (non-hydrogen) atoms. The maximum atomic E-state index is 11.8. The fourth-order valence-corrected chi connectivity index (χ4v) is 2.76. The Hall–Kier alpha value is -0.910. The van der Waals surface area contributed by atoms with Gasteiger partial charge in [0, 0.05) is 20.3 Å². The molecule has 0 aliphatic rings. The summed E-state index contributed by atoms with van der Waals surface area (Å²) in [6.07, 6.45) is 0.684. The van der Waals surface area contributed by atoms with Gasteiger partial charge in [0.25, 0.3) is 0 Å². The largest absolute Gasteiger partial charge is 0.385 e. The smallest absolute Gasteiger partial charge is 0.215 e. The molecule has 0 amide bonds. The van der Waals surface area contributed by atoms with Crippen molar-refractivity contribution in [3.8, 4) is 0 Å². The van der Waals surface area contributed by atoms with Crippen LogP contribution < -0.4 is 4.72 Å². The predicted molar refractivity (Wildman–Crippen MR) is 68.3 cm³/mol. The van der Waals surface area contributed by atoms with Crippen LogP contribution in [0.3, 0.4) is 0 Å². The van der Waals surface area contributed by atoms with Crippen LogP contribution in [0.4, 0.5) is 0 Å². The molecule has 0 aromatic heterocycles. The van der Waals surface area contributed by atoms with Gasteiger partial charge in [0.15, 0.2) is 0 Å². The molecule has 0 aliphatic carbocycles. The van der Waals surface area contributed by atoms with Gasteiger partial charge in [-0.1, -0.05) is 24.3 Å². The molecule has 0 saturated heterocycles. The monoisotopic (exact) mass is 257 g/mol. The van der Waals surface area contributed by atoms with Gasteiger partial charge in [0.2, 0.25) is 10.0 Å². The van der Waals surface area contributed by atoms with Crippen molar-refractivity contribution in [1.82, 2.24) is 4.72 Å². The number of sulfonamides is 1. The Morgan fingerprint density at radius 1 is 1.29 bits per heavy atom. The summed E-state index contributed by atoms with van der Waals surface area (Å²) in [4.78, 5) is 0. The molecule has 0 radical (unpaired) electrons. The molecule has 1 rings (SSSR count). The van der Waals surface area contributed by atoms with Crippen molar-refractivity contribution in [3.63, 3.8) is 0 Å². The number of nitrogens with one attached hydrogen (secondary N) is 1. The second-order valence-electron chi connectivity index (χ2n) is 3.93. The first-order chi connectivity index (χ1) is 8.05. The van der Waals surface area contributed by atoms with Crippen LogP contribution in [0.2, 0.25) is 0 Å². The van der Waals surface area contributed by atoms with E-state index in [1.165, 1.54) is 0 Å². The number of ether oxygens (including phenoxy) is 1. The van der Waals surface area contributed by atoms with Gasteiger partial charge >= 0.3 is 0 Å². The maximum absolute atomic E-state index is 11.8. The second kappa shape index (κ2) is 6.74. The summed E-state index contributed by atoms with van der Waals surface area (Å²) < 4.78 is 30.9. The van der Waals surface area contributed by atoms with Crippen LogP contribution >= 0.6 is 0 Å². The Kier molecular flexibility index (Phi) is 5.61. The van der Waals surface area contributed by atoms with Gasteiger partial charge in [-0.3, -0.25) is 0 Å². The predicted octanol–water partition coefficient (Wildman–Crippen LogP) is 1.45. The fourth-order valence-electron chi connectivity index (χ4n) is 1.47. The van der Waals surface area contributed by atoms with Crippen LogP contribution in [0.25, 0.3) is 0 Å². The van der Waals surface area contributed by atoms with Gasteiger partial charge in [-0.15, -0.1) is 0 Å². The number of methoxy groups -OCH3 is 1. The molecule has 0 spiro atoms. The Bertz CT molecular complexity index is 443. The Morgan fingerprint density at radius 2 is 2.00 bits per heavy atom. The zero-order valence-corrected chi connectivity index (χ0v) is 11.1. The van der Waals surface area contributed by atoms with Gasteiger partial charge in [0.05, 0.1) is 5.75 Å². The summed E-state index contributed by atoms with van der Waals surface area (Å²) in [5, 5.41) is 0. The van der Waals surface area contributed by atoms with E-state index in [1.807, 2.05) is 31.2 Å². The van der Waals surface area contributed by atoms with Gasteiger partial charge in [-0.2, -0.15) is 0 Å². The van der Waals surface area contributed by atoms with Crippen LogP contribution in [0, 0.1) is 6.92 Å². The van der Waals surface area contributed by atoms with E-state index in [4.69, 9.17) is 4.74 Å². The van der Waals surface area contributed by atoms with E-state index in [2.05, 4.69) is 4.72 Å². The van der Waals surface area contributed by atoms with E-state index in [0.717, 1.165) is 11.1 Å². The summed E-state index contributed by atoms with van der Waals surface area (Å²) in [6, 6.07) is 7.50. The molecule has 0 aliphatic heterocycles. The highest BCUT2D eigenvalue weighted by Crippen LogP contribution is 2.10. The quantitative estimate of drug-likeness (QED) is 0.752. The number of hydrogen-bond donors (Lipinski definition) is 1. The van der Waals surface area contributed by atoms with Gasteiger partial charge in [0.1, 0.15) is 0 Å². The fraction of sp³-hybridized carbons (Fsp3) is 0.500.